The van der Waals surface area contributed by atoms with Gasteiger partial charge in [0.25, 0.3) is 0 Å². The second-order valence-corrected chi connectivity index (χ2v) is 7.33. The van der Waals surface area contributed by atoms with Gasteiger partial charge >= 0.3 is 0 Å². The second kappa shape index (κ2) is 7.12. The van der Waals surface area contributed by atoms with Crippen LogP contribution in [0.4, 0.5) is 0 Å². The summed E-state index contributed by atoms with van der Waals surface area (Å²) in [7, 11) is 0. The van der Waals surface area contributed by atoms with Crippen LogP contribution >= 0.6 is 15.9 Å². The molecule has 2 saturated carbocycles. The molecule has 4 heteroatoms. The quantitative estimate of drug-likeness (QED) is 0.716. The van der Waals surface area contributed by atoms with Crippen molar-refractivity contribution >= 4 is 15.9 Å². The van der Waals surface area contributed by atoms with E-state index in [2.05, 4.69) is 21.2 Å². The zero-order chi connectivity index (χ0) is 14.7. The van der Waals surface area contributed by atoms with E-state index < -0.39 is 6.10 Å². The third kappa shape index (κ3) is 4.97. The van der Waals surface area contributed by atoms with Gasteiger partial charge in [0, 0.05) is 11.0 Å². The molecule has 1 atom stereocenters. The predicted octanol–water partition coefficient (Wildman–Crippen LogP) is 3.21. The minimum atomic E-state index is -0.456. The van der Waals surface area contributed by atoms with E-state index in [1.54, 1.807) is 0 Å². The van der Waals surface area contributed by atoms with Crippen molar-refractivity contribution in [2.45, 2.75) is 31.8 Å². The Bertz CT molecular complexity index is 448. The first-order valence-electron chi connectivity index (χ1n) is 7.99. The molecule has 0 aliphatic heterocycles. The fourth-order valence-corrected chi connectivity index (χ4v) is 3.37. The molecule has 2 N–H and O–H groups in total. The van der Waals surface area contributed by atoms with Crippen molar-refractivity contribution in [2.24, 2.45) is 17.8 Å². The Morgan fingerprint density at radius 3 is 2.52 bits per heavy atom. The molecule has 3 rings (SSSR count). The van der Waals surface area contributed by atoms with E-state index in [9.17, 15) is 5.11 Å². The molecule has 2 aliphatic rings. The Balaban J connectivity index is 1.33. The van der Waals surface area contributed by atoms with Gasteiger partial charge in [-0.1, -0.05) is 22.0 Å². The molecule has 0 radical (unpaired) electrons. The Kier molecular flexibility index (Phi) is 5.19. The molecule has 3 nitrogen and oxygen atoms in total. The number of aliphatic hydroxyl groups is 1. The molecule has 1 aromatic carbocycles. The third-order valence-electron chi connectivity index (χ3n) is 4.45. The molecule has 0 amide bonds. The lowest BCUT2D eigenvalue weighted by Crippen LogP contribution is -2.35. The van der Waals surface area contributed by atoms with Gasteiger partial charge in [-0.2, -0.15) is 0 Å². The van der Waals surface area contributed by atoms with Crippen LogP contribution in [0.3, 0.4) is 0 Å². The molecule has 0 aromatic heterocycles. The minimum absolute atomic E-state index is 0.334. The van der Waals surface area contributed by atoms with E-state index in [0.29, 0.717) is 13.2 Å². The first-order valence-corrected chi connectivity index (χ1v) is 8.79. The van der Waals surface area contributed by atoms with Crippen LogP contribution in [0.15, 0.2) is 28.7 Å². The highest BCUT2D eigenvalue weighted by Crippen LogP contribution is 2.48. The maximum atomic E-state index is 10.0. The smallest absolute Gasteiger partial charge is 0.120 e. The third-order valence-corrected chi connectivity index (χ3v) is 4.95. The van der Waals surface area contributed by atoms with E-state index in [4.69, 9.17) is 4.74 Å². The zero-order valence-electron chi connectivity index (χ0n) is 12.3. The van der Waals surface area contributed by atoms with Crippen LogP contribution in [-0.4, -0.2) is 30.9 Å². The first kappa shape index (κ1) is 15.3. The Morgan fingerprint density at radius 2 is 1.90 bits per heavy atom. The van der Waals surface area contributed by atoms with E-state index in [0.717, 1.165) is 34.5 Å². The summed E-state index contributed by atoms with van der Waals surface area (Å²) in [6.45, 7) is 2.01. The molecule has 1 unspecified atom stereocenters. The Morgan fingerprint density at radius 1 is 1.19 bits per heavy atom. The van der Waals surface area contributed by atoms with Crippen LogP contribution in [0.25, 0.3) is 0 Å². The van der Waals surface area contributed by atoms with Crippen molar-refractivity contribution in [2.75, 3.05) is 19.7 Å². The van der Waals surface area contributed by atoms with Gasteiger partial charge in [0.2, 0.25) is 0 Å². The average molecular weight is 354 g/mol. The van der Waals surface area contributed by atoms with Gasteiger partial charge in [-0.25, -0.2) is 0 Å². The zero-order valence-corrected chi connectivity index (χ0v) is 13.9. The Labute approximate surface area is 135 Å². The van der Waals surface area contributed by atoms with Crippen molar-refractivity contribution in [3.8, 4) is 5.75 Å². The number of ether oxygens (including phenoxy) is 1. The standard InChI is InChI=1S/C17H24BrNO2/c18-14-2-1-3-16(8-14)21-11-15(20)9-19-10-17(12-4-5-12)13-6-7-13/h1-3,8,12-13,15,17,19-20H,4-7,9-11H2. The highest BCUT2D eigenvalue weighted by molar-refractivity contribution is 9.10. The van der Waals surface area contributed by atoms with Gasteiger partial charge in [-0.3, -0.25) is 0 Å². The molecular weight excluding hydrogens is 330 g/mol. The summed E-state index contributed by atoms with van der Waals surface area (Å²) in [6, 6.07) is 7.71. The summed E-state index contributed by atoms with van der Waals surface area (Å²) in [5.41, 5.74) is 0. The molecule has 1 aromatic rings. The maximum Gasteiger partial charge on any atom is 0.120 e. The van der Waals surface area contributed by atoms with Crippen LogP contribution in [0.5, 0.6) is 5.75 Å². The van der Waals surface area contributed by atoms with Gasteiger partial charge in [0.05, 0.1) is 0 Å². The normalized spacial score (nSPS) is 19.8. The lowest BCUT2D eigenvalue weighted by Gasteiger charge is -2.18. The average Bonchev–Trinajstić information content (AvgIpc) is 3.35. The maximum absolute atomic E-state index is 10.0. The minimum Gasteiger partial charge on any atom is -0.491 e. The number of rotatable bonds is 9. The summed E-state index contributed by atoms with van der Waals surface area (Å²) in [6.07, 6.45) is 5.20. The fraction of sp³-hybridized carbons (Fsp3) is 0.647. The summed E-state index contributed by atoms with van der Waals surface area (Å²) in [5.74, 6) is 3.56. The van der Waals surface area contributed by atoms with Crippen LogP contribution < -0.4 is 10.1 Å². The summed E-state index contributed by atoms with van der Waals surface area (Å²) >= 11 is 3.41. The number of nitrogens with one attached hydrogen (secondary N) is 1. The molecule has 0 saturated heterocycles. The second-order valence-electron chi connectivity index (χ2n) is 6.42. The van der Waals surface area contributed by atoms with Gasteiger partial charge in [0.15, 0.2) is 0 Å². The van der Waals surface area contributed by atoms with Crippen molar-refractivity contribution < 1.29 is 9.84 Å². The largest absolute Gasteiger partial charge is 0.491 e. The van der Waals surface area contributed by atoms with E-state index in [1.807, 2.05) is 24.3 Å². The number of hydrogen-bond acceptors (Lipinski definition) is 3. The van der Waals surface area contributed by atoms with Crippen LogP contribution in [0.1, 0.15) is 25.7 Å². The van der Waals surface area contributed by atoms with Crippen LogP contribution in [-0.2, 0) is 0 Å². The first-order chi connectivity index (χ1) is 10.2. The van der Waals surface area contributed by atoms with Gasteiger partial charge in [0.1, 0.15) is 18.5 Å². The number of hydrogen-bond donors (Lipinski definition) is 2. The molecule has 0 spiro atoms. The molecule has 2 aliphatic carbocycles. The molecule has 0 bridgehead atoms. The lowest BCUT2D eigenvalue weighted by atomic mass is 9.98. The summed E-state index contributed by atoms with van der Waals surface area (Å²) < 4.78 is 6.60. The molecule has 21 heavy (non-hydrogen) atoms. The molecule has 116 valence electrons. The number of benzene rings is 1. The molecular formula is C17H24BrNO2. The van der Waals surface area contributed by atoms with Crippen LogP contribution in [0, 0.1) is 17.8 Å². The monoisotopic (exact) mass is 353 g/mol. The predicted molar refractivity (Wildman–Crippen MR) is 87.5 cm³/mol. The highest BCUT2D eigenvalue weighted by Gasteiger charge is 2.40. The Hall–Kier alpha value is -0.580. The van der Waals surface area contributed by atoms with Crippen molar-refractivity contribution in [1.29, 1.82) is 0 Å². The van der Waals surface area contributed by atoms with E-state index >= 15 is 0 Å². The van der Waals surface area contributed by atoms with Crippen molar-refractivity contribution in [1.82, 2.24) is 5.32 Å². The summed E-state index contributed by atoms with van der Waals surface area (Å²) in [5, 5.41) is 13.4. The van der Waals surface area contributed by atoms with Gasteiger partial charge < -0.3 is 15.2 Å². The van der Waals surface area contributed by atoms with Crippen LogP contribution in [0.2, 0.25) is 0 Å². The molecule has 2 fully saturated rings. The van der Waals surface area contributed by atoms with E-state index in [1.165, 1.54) is 25.7 Å². The SMILES string of the molecule is OC(CNCC(C1CC1)C1CC1)COc1cccc(Br)c1. The number of aliphatic hydroxyl groups excluding tert-OH is 1. The highest BCUT2D eigenvalue weighted by atomic mass is 79.9. The van der Waals surface area contributed by atoms with Gasteiger partial charge in [-0.05, 0) is 68.2 Å². The van der Waals surface area contributed by atoms with E-state index in [-0.39, 0.29) is 0 Å². The van der Waals surface area contributed by atoms with Crippen molar-refractivity contribution in [3.05, 3.63) is 28.7 Å². The summed E-state index contributed by atoms with van der Waals surface area (Å²) in [4.78, 5) is 0. The molecule has 0 heterocycles. The topological polar surface area (TPSA) is 41.5 Å². The van der Waals surface area contributed by atoms with Gasteiger partial charge in [-0.15, -0.1) is 0 Å². The van der Waals surface area contributed by atoms with Crippen molar-refractivity contribution in [3.63, 3.8) is 0 Å². The fourth-order valence-electron chi connectivity index (χ4n) is 2.99. The lowest BCUT2D eigenvalue weighted by molar-refractivity contribution is 0.105. The number of halogens is 1.